The Labute approximate surface area is 161 Å². The van der Waals surface area contributed by atoms with E-state index in [2.05, 4.69) is 15.2 Å². The van der Waals surface area contributed by atoms with E-state index in [0.717, 1.165) is 11.3 Å². The minimum Gasteiger partial charge on any atom is -0.494 e. The first kappa shape index (κ1) is 18.2. The van der Waals surface area contributed by atoms with Gasteiger partial charge in [0.2, 0.25) is 0 Å². The average molecular weight is 383 g/mol. The SMILES string of the molecule is CCOc1ccc(C(=O)N2CCOC[C@H]2c2noc(-c3cnn(C)c3)n2)cc1. The lowest BCUT2D eigenvalue weighted by Gasteiger charge is -2.33. The largest absolute Gasteiger partial charge is 0.494 e. The van der Waals surface area contributed by atoms with Crippen molar-refractivity contribution in [2.75, 3.05) is 26.4 Å². The Balaban J connectivity index is 1.56. The summed E-state index contributed by atoms with van der Waals surface area (Å²) in [4.78, 5) is 19.2. The number of nitrogens with zero attached hydrogens (tertiary/aromatic N) is 5. The van der Waals surface area contributed by atoms with Crippen molar-refractivity contribution in [3.05, 3.63) is 48.0 Å². The van der Waals surface area contributed by atoms with E-state index in [-0.39, 0.29) is 5.91 Å². The van der Waals surface area contributed by atoms with E-state index in [1.54, 1.807) is 46.2 Å². The maximum absolute atomic E-state index is 13.1. The number of hydrogen-bond donors (Lipinski definition) is 0. The molecule has 3 heterocycles. The van der Waals surface area contributed by atoms with Crippen molar-refractivity contribution in [3.63, 3.8) is 0 Å². The van der Waals surface area contributed by atoms with Crippen LogP contribution in [-0.2, 0) is 11.8 Å². The van der Waals surface area contributed by atoms with E-state index in [9.17, 15) is 4.79 Å². The lowest BCUT2D eigenvalue weighted by molar-refractivity contribution is -0.00577. The number of hydrogen-bond acceptors (Lipinski definition) is 7. The highest BCUT2D eigenvalue weighted by Gasteiger charge is 2.33. The van der Waals surface area contributed by atoms with Crippen LogP contribution < -0.4 is 4.74 Å². The highest BCUT2D eigenvalue weighted by Crippen LogP contribution is 2.27. The van der Waals surface area contributed by atoms with Crippen LogP contribution in [-0.4, -0.2) is 57.1 Å². The molecule has 9 nitrogen and oxygen atoms in total. The number of rotatable bonds is 5. The summed E-state index contributed by atoms with van der Waals surface area (Å²) in [6, 6.07) is 6.69. The average Bonchev–Trinajstić information content (AvgIpc) is 3.37. The fourth-order valence-corrected chi connectivity index (χ4v) is 3.11. The van der Waals surface area contributed by atoms with Gasteiger partial charge < -0.3 is 18.9 Å². The van der Waals surface area contributed by atoms with Crippen LogP contribution >= 0.6 is 0 Å². The highest BCUT2D eigenvalue weighted by molar-refractivity contribution is 5.94. The standard InChI is InChI=1S/C19H21N5O4/c1-3-27-15-6-4-13(5-7-15)19(25)24-8-9-26-12-16(24)17-21-18(28-22-17)14-10-20-23(2)11-14/h4-7,10-11,16H,3,8-9,12H2,1-2H3/t16-/m0/s1. The van der Waals surface area contributed by atoms with Gasteiger partial charge in [0, 0.05) is 25.4 Å². The van der Waals surface area contributed by atoms with Gasteiger partial charge in [0.15, 0.2) is 5.82 Å². The first-order chi connectivity index (χ1) is 13.7. The number of benzene rings is 1. The van der Waals surface area contributed by atoms with Crippen molar-refractivity contribution in [1.29, 1.82) is 0 Å². The Morgan fingerprint density at radius 3 is 2.86 bits per heavy atom. The maximum Gasteiger partial charge on any atom is 0.261 e. The summed E-state index contributed by atoms with van der Waals surface area (Å²) in [6.07, 6.45) is 3.44. The highest BCUT2D eigenvalue weighted by atomic mass is 16.5. The van der Waals surface area contributed by atoms with Crippen LogP contribution in [0.5, 0.6) is 5.75 Å². The van der Waals surface area contributed by atoms with Gasteiger partial charge in [-0.15, -0.1) is 0 Å². The van der Waals surface area contributed by atoms with Crippen molar-refractivity contribution in [2.45, 2.75) is 13.0 Å². The minimum absolute atomic E-state index is 0.107. The second kappa shape index (κ2) is 7.81. The van der Waals surface area contributed by atoms with Crippen LogP contribution in [0.4, 0.5) is 0 Å². The van der Waals surface area contributed by atoms with Gasteiger partial charge in [-0.2, -0.15) is 10.1 Å². The van der Waals surface area contributed by atoms with Crippen LogP contribution in [0.1, 0.15) is 29.1 Å². The van der Waals surface area contributed by atoms with E-state index in [4.69, 9.17) is 14.0 Å². The molecule has 0 unspecified atom stereocenters. The summed E-state index contributed by atoms with van der Waals surface area (Å²) in [5, 5.41) is 8.18. The van der Waals surface area contributed by atoms with Gasteiger partial charge in [0.05, 0.1) is 31.6 Å². The Kier molecular flexibility index (Phi) is 5.07. The number of aryl methyl sites for hydroxylation is 1. The molecule has 9 heteroatoms. The molecule has 1 aromatic carbocycles. The molecule has 1 fully saturated rings. The predicted octanol–water partition coefficient (Wildman–Crippen LogP) is 2.08. The van der Waals surface area contributed by atoms with E-state index in [1.165, 1.54) is 0 Å². The smallest absolute Gasteiger partial charge is 0.261 e. The predicted molar refractivity (Wildman–Crippen MR) is 98.7 cm³/mol. The molecule has 0 aliphatic carbocycles. The lowest BCUT2D eigenvalue weighted by Crippen LogP contribution is -2.43. The van der Waals surface area contributed by atoms with Crippen molar-refractivity contribution >= 4 is 5.91 Å². The second-order valence-electron chi connectivity index (χ2n) is 6.41. The number of carbonyl (C=O) groups is 1. The Morgan fingerprint density at radius 1 is 1.32 bits per heavy atom. The number of carbonyl (C=O) groups excluding carboxylic acids is 1. The quantitative estimate of drug-likeness (QED) is 0.665. The maximum atomic E-state index is 13.1. The molecule has 146 valence electrons. The van der Waals surface area contributed by atoms with Gasteiger partial charge in [0.25, 0.3) is 11.8 Å². The van der Waals surface area contributed by atoms with E-state index >= 15 is 0 Å². The van der Waals surface area contributed by atoms with Gasteiger partial charge in [-0.05, 0) is 31.2 Å². The number of amides is 1. The monoisotopic (exact) mass is 383 g/mol. The van der Waals surface area contributed by atoms with Crippen molar-refractivity contribution < 1.29 is 18.8 Å². The van der Waals surface area contributed by atoms with Crippen LogP contribution in [0.15, 0.2) is 41.2 Å². The molecular formula is C19H21N5O4. The van der Waals surface area contributed by atoms with Gasteiger partial charge >= 0.3 is 0 Å². The molecule has 0 spiro atoms. The molecule has 1 aliphatic heterocycles. The molecule has 1 saturated heterocycles. The van der Waals surface area contributed by atoms with Gasteiger partial charge in [0.1, 0.15) is 11.8 Å². The minimum atomic E-state index is -0.415. The molecule has 1 aliphatic rings. The molecule has 3 aromatic rings. The first-order valence-corrected chi connectivity index (χ1v) is 9.10. The lowest BCUT2D eigenvalue weighted by atomic mass is 10.1. The third kappa shape index (κ3) is 3.61. The zero-order valence-electron chi connectivity index (χ0n) is 15.7. The molecule has 28 heavy (non-hydrogen) atoms. The van der Waals surface area contributed by atoms with Crippen molar-refractivity contribution in [1.82, 2.24) is 24.8 Å². The normalized spacial score (nSPS) is 16.9. The molecule has 0 N–H and O–H groups in total. The molecule has 1 atom stereocenters. The molecule has 4 rings (SSSR count). The summed E-state index contributed by atoms with van der Waals surface area (Å²) < 4.78 is 18.0. The second-order valence-corrected chi connectivity index (χ2v) is 6.41. The molecule has 0 bridgehead atoms. The molecule has 0 saturated carbocycles. The van der Waals surface area contributed by atoms with Gasteiger partial charge in [-0.1, -0.05) is 5.16 Å². The molecule has 0 radical (unpaired) electrons. The topological polar surface area (TPSA) is 95.5 Å². The number of aromatic nitrogens is 4. The summed E-state index contributed by atoms with van der Waals surface area (Å²) in [5.41, 5.74) is 1.30. The van der Waals surface area contributed by atoms with Crippen LogP contribution in [0.3, 0.4) is 0 Å². The molecule has 1 amide bonds. The summed E-state index contributed by atoms with van der Waals surface area (Å²) in [6.45, 7) is 3.73. The zero-order valence-corrected chi connectivity index (χ0v) is 15.7. The van der Waals surface area contributed by atoms with E-state index in [0.29, 0.717) is 43.6 Å². The summed E-state index contributed by atoms with van der Waals surface area (Å²) in [7, 11) is 1.81. The summed E-state index contributed by atoms with van der Waals surface area (Å²) >= 11 is 0. The Morgan fingerprint density at radius 2 is 2.14 bits per heavy atom. The number of morpholine rings is 1. The van der Waals surface area contributed by atoms with Crippen LogP contribution in [0.25, 0.3) is 11.5 Å². The Bertz CT molecular complexity index is 949. The third-order valence-electron chi connectivity index (χ3n) is 4.49. The summed E-state index contributed by atoms with van der Waals surface area (Å²) in [5.74, 6) is 1.40. The van der Waals surface area contributed by atoms with Gasteiger partial charge in [-0.3, -0.25) is 9.48 Å². The van der Waals surface area contributed by atoms with Crippen LogP contribution in [0.2, 0.25) is 0 Å². The zero-order chi connectivity index (χ0) is 19.5. The third-order valence-corrected chi connectivity index (χ3v) is 4.49. The fraction of sp³-hybridized carbons (Fsp3) is 0.368. The van der Waals surface area contributed by atoms with Crippen molar-refractivity contribution in [3.8, 4) is 17.2 Å². The number of ether oxygens (including phenoxy) is 2. The Hall–Kier alpha value is -3.20. The van der Waals surface area contributed by atoms with E-state index < -0.39 is 6.04 Å². The van der Waals surface area contributed by atoms with Crippen molar-refractivity contribution in [2.24, 2.45) is 7.05 Å². The molecule has 2 aromatic heterocycles. The van der Waals surface area contributed by atoms with Crippen LogP contribution in [0, 0.1) is 0 Å². The first-order valence-electron chi connectivity index (χ1n) is 9.10. The molecular weight excluding hydrogens is 362 g/mol. The fourth-order valence-electron chi connectivity index (χ4n) is 3.11. The van der Waals surface area contributed by atoms with E-state index in [1.807, 2.05) is 14.0 Å². The van der Waals surface area contributed by atoms with Gasteiger partial charge in [-0.25, -0.2) is 0 Å².